The fourth-order valence-corrected chi connectivity index (χ4v) is 2.81. The number of benzene rings is 1. The van der Waals surface area contributed by atoms with Gasteiger partial charge in [-0.15, -0.1) is 0 Å². The van der Waals surface area contributed by atoms with E-state index in [0.29, 0.717) is 6.54 Å². The molecule has 2 aliphatic heterocycles. The number of carbonyl (C=O) groups excluding carboxylic acids is 3. The van der Waals surface area contributed by atoms with E-state index in [1.807, 2.05) is 30.3 Å². The van der Waals surface area contributed by atoms with E-state index in [1.165, 1.54) is 4.90 Å². The first-order valence-electron chi connectivity index (χ1n) is 7.22. The van der Waals surface area contributed by atoms with Crippen molar-refractivity contribution in [1.29, 1.82) is 0 Å². The summed E-state index contributed by atoms with van der Waals surface area (Å²) in [4.78, 5) is 37.7. The van der Waals surface area contributed by atoms with Crippen LogP contribution in [0.3, 0.4) is 0 Å². The molecule has 7 heteroatoms. The second-order valence-corrected chi connectivity index (χ2v) is 5.45. The minimum atomic E-state index is -1.97. The zero-order chi connectivity index (χ0) is 16.4. The molecule has 1 unspecified atom stereocenters. The van der Waals surface area contributed by atoms with Gasteiger partial charge in [0.05, 0.1) is 5.92 Å². The van der Waals surface area contributed by atoms with Gasteiger partial charge in [0.15, 0.2) is 0 Å². The second-order valence-electron chi connectivity index (χ2n) is 5.45. The molecule has 3 rings (SSSR count). The number of ether oxygens (including phenoxy) is 2. The van der Waals surface area contributed by atoms with Crippen molar-refractivity contribution in [3.63, 3.8) is 0 Å². The van der Waals surface area contributed by atoms with Gasteiger partial charge in [-0.3, -0.25) is 4.79 Å². The van der Waals surface area contributed by atoms with Gasteiger partial charge in [0.2, 0.25) is 0 Å². The number of likely N-dealkylation sites (tertiary alicyclic amines) is 1. The summed E-state index contributed by atoms with van der Waals surface area (Å²) < 4.78 is 10.3. The van der Waals surface area contributed by atoms with Crippen molar-refractivity contribution >= 4 is 17.8 Å². The van der Waals surface area contributed by atoms with Crippen molar-refractivity contribution in [3.8, 4) is 0 Å². The number of hydrogen-bond acceptors (Lipinski definition) is 6. The molecule has 0 aromatic heterocycles. The predicted octanol–water partition coefficient (Wildman–Crippen LogP) is -0.0438. The summed E-state index contributed by atoms with van der Waals surface area (Å²) in [5.74, 6) is -4.76. The minimum Gasteiger partial charge on any atom is -0.409 e. The van der Waals surface area contributed by atoms with Crippen molar-refractivity contribution in [2.75, 3.05) is 13.1 Å². The van der Waals surface area contributed by atoms with Gasteiger partial charge < -0.3 is 20.1 Å². The molecule has 120 valence electrons. The van der Waals surface area contributed by atoms with E-state index in [1.54, 1.807) is 0 Å². The number of esters is 2. The van der Waals surface area contributed by atoms with Crippen LogP contribution in [0.1, 0.15) is 5.56 Å². The van der Waals surface area contributed by atoms with Crippen LogP contribution >= 0.6 is 0 Å². The highest BCUT2D eigenvalue weighted by molar-refractivity contribution is 5.99. The van der Waals surface area contributed by atoms with E-state index >= 15 is 0 Å². The van der Waals surface area contributed by atoms with Crippen LogP contribution in [0, 0.1) is 5.92 Å². The Morgan fingerprint density at radius 2 is 1.70 bits per heavy atom. The van der Waals surface area contributed by atoms with E-state index in [9.17, 15) is 14.4 Å². The van der Waals surface area contributed by atoms with Crippen LogP contribution < -0.4 is 5.73 Å². The summed E-state index contributed by atoms with van der Waals surface area (Å²) in [5.41, 5.74) is 6.63. The standard InChI is InChI=1S/C16H16N2O5/c17-8-12-10-18(9-11-4-2-1-3-5-11)15(21)16(12)22-13(19)6-7-14(20)23-16/h1-7,12H,8-10,17H2. The maximum Gasteiger partial charge on any atom is 0.342 e. The molecule has 1 aromatic rings. The predicted molar refractivity (Wildman–Crippen MR) is 78.5 cm³/mol. The van der Waals surface area contributed by atoms with Gasteiger partial charge in [-0.25, -0.2) is 9.59 Å². The summed E-state index contributed by atoms with van der Waals surface area (Å²) in [5, 5.41) is 0. The monoisotopic (exact) mass is 316 g/mol. The molecular weight excluding hydrogens is 300 g/mol. The number of nitrogens with zero attached hydrogens (tertiary/aromatic N) is 1. The molecule has 1 fully saturated rings. The molecule has 1 spiro atoms. The molecule has 0 aliphatic carbocycles. The molecule has 2 heterocycles. The number of hydrogen-bond donors (Lipinski definition) is 1. The first-order valence-corrected chi connectivity index (χ1v) is 7.22. The van der Waals surface area contributed by atoms with Gasteiger partial charge in [-0.05, 0) is 5.56 Å². The first kappa shape index (κ1) is 15.2. The lowest BCUT2D eigenvalue weighted by Gasteiger charge is -2.29. The smallest absolute Gasteiger partial charge is 0.342 e. The van der Waals surface area contributed by atoms with Crippen LogP contribution in [0.2, 0.25) is 0 Å². The van der Waals surface area contributed by atoms with E-state index in [4.69, 9.17) is 15.2 Å². The summed E-state index contributed by atoms with van der Waals surface area (Å²) in [6.07, 6.45) is 1.88. The number of nitrogens with two attached hydrogens (primary N) is 1. The highest BCUT2D eigenvalue weighted by Gasteiger charge is 2.60. The van der Waals surface area contributed by atoms with Crippen LogP contribution in [0.25, 0.3) is 0 Å². The largest absolute Gasteiger partial charge is 0.409 e. The lowest BCUT2D eigenvalue weighted by molar-refractivity contribution is -0.227. The molecule has 1 atom stereocenters. The van der Waals surface area contributed by atoms with Gasteiger partial charge in [0, 0.05) is 31.8 Å². The Kier molecular flexibility index (Phi) is 3.87. The van der Waals surface area contributed by atoms with Crippen LogP contribution in [0.15, 0.2) is 42.5 Å². The molecule has 2 N–H and O–H groups in total. The van der Waals surface area contributed by atoms with Crippen molar-refractivity contribution in [2.45, 2.75) is 12.3 Å². The fourth-order valence-electron chi connectivity index (χ4n) is 2.81. The zero-order valence-electron chi connectivity index (χ0n) is 12.3. The van der Waals surface area contributed by atoms with Crippen LogP contribution in [0.4, 0.5) is 0 Å². The summed E-state index contributed by atoms with van der Waals surface area (Å²) in [6.45, 7) is 0.600. The Balaban J connectivity index is 1.89. The average Bonchev–Trinajstić information content (AvgIpc) is 2.69. The van der Waals surface area contributed by atoms with Gasteiger partial charge >= 0.3 is 23.6 Å². The molecule has 0 bridgehead atoms. The van der Waals surface area contributed by atoms with Crippen LogP contribution in [-0.2, 0) is 30.4 Å². The highest BCUT2D eigenvalue weighted by Crippen LogP contribution is 2.36. The van der Waals surface area contributed by atoms with E-state index in [0.717, 1.165) is 17.7 Å². The van der Waals surface area contributed by atoms with E-state index in [2.05, 4.69) is 0 Å². The van der Waals surface area contributed by atoms with Crippen molar-refractivity contribution in [1.82, 2.24) is 4.90 Å². The quantitative estimate of drug-likeness (QED) is 0.785. The number of amides is 1. The highest BCUT2D eigenvalue weighted by atomic mass is 16.7. The zero-order valence-corrected chi connectivity index (χ0v) is 12.3. The summed E-state index contributed by atoms with van der Waals surface area (Å²) in [7, 11) is 0. The average molecular weight is 316 g/mol. The van der Waals surface area contributed by atoms with Crippen molar-refractivity contribution in [3.05, 3.63) is 48.0 Å². The third kappa shape index (κ3) is 2.70. The Morgan fingerprint density at radius 3 is 2.26 bits per heavy atom. The molecular formula is C16H16N2O5. The Labute approximate surface area is 132 Å². The van der Waals surface area contributed by atoms with Crippen molar-refractivity contribution in [2.24, 2.45) is 11.7 Å². The normalized spacial score (nSPS) is 22.9. The molecule has 7 nitrogen and oxygen atoms in total. The molecule has 0 radical (unpaired) electrons. The first-order chi connectivity index (χ1) is 11.0. The third-order valence-electron chi connectivity index (χ3n) is 3.92. The van der Waals surface area contributed by atoms with Crippen LogP contribution in [-0.4, -0.2) is 41.6 Å². The maximum atomic E-state index is 12.8. The SMILES string of the molecule is NCC1CN(Cc2ccccc2)C(=O)C12OC(=O)C=CC(=O)O2. The molecule has 1 saturated heterocycles. The lowest BCUT2D eigenvalue weighted by Crippen LogP contribution is -2.51. The molecule has 1 amide bonds. The number of carbonyl (C=O) groups is 3. The molecule has 1 aromatic carbocycles. The van der Waals surface area contributed by atoms with E-state index < -0.39 is 29.6 Å². The Morgan fingerprint density at radius 1 is 1.09 bits per heavy atom. The third-order valence-corrected chi connectivity index (χ3v) is 3.92. The van der Waals surface area contributed by atoms with Gasteiger partial charge in [-0.2, -0.15) is 0 Å². The second kappa shape index (κ2) is 5.85. The summed E-state index contributed by atoms with van der Waals surface area (Å²) >= 11 is 0. The minimum absolute atomic E-state index is 0.0393. The van der Waals surface area contributed by atoms with Crippen LogP contribution in [0.5, 0.6) is 0 Å². The van der Waals surface area contributed by atoms with Gasteiger partial charge in [-0.1, -0.05) is 30.3 Å². The Bertz CT molecular complexity index is 650. The van der Waals surface area contributed by atoms with Gasteiger partial charge in [0.1, 0.15) is 0 Å². The molecule has 23 heavy (non-hydrogen) atoms. The van der Waals surface area contributed by atoms with Crippen molar-refractivity contribution < 1.29 is 23.9 Å². The maximum absolute atomic E-state index is 12.8. The van der Waals surface area contributed by atoms with Gasteiger partial charge in [0.25, 0.3) is 0 Å². The molecule has 0 saturated carbocycles. The summed E-state index contributed by atoms with van der Waals surface area (Å²) in [6, 6.07) is 9.36. The number of rotatable bonds is 3. The lowest BCUT2D eigenvalue weighted by atomic mass is 10.0. The molecule has 2 aliphatic rings. The fraction of sp³-hybridized carbons (Fsp3) is 0.312. The van der Waals surface area contributed by atoms with E-state index in [-0.39, 0.29) is 13.1 Å². The topological polar surface area (TPSA) is 98.9 Å². The Hall–Kier alpha value is -2.67.